The summed E-state index contributed by atoms with van der Waals surface area (Å²) >= 11 is 0. The molecular formula is C24H37N3O4S. The van der Waals surface area contributed by atoms with Crippen LogP contribution in [0.1, 0.15) is 67.3 Å². The molecule has 8 heteroatoms. The van der Waals surface area contributed by atoms with Crippen LogP contribution < -0.4 is 5.32 Å². The maximum atomic E-state index is 13.2. The average Bonchev–Trinajstić information content (AvgIpc) is 2.84. The Kier molecular flexibility index (Phi) is 7.54. The Morgan fingerprint density at radius 2 is 1.66 bits per heavy atom. The van der Waals surface area contributed by atoms with Gasteiger partial charge in [0.1, 0.15) is 0 Å². The van der Waals surface area contributed by atoms with E-state index >= 15 is 0 Å². The first-order valence-corrected chi connectivity index (χ1v) is 13.6. The highest BCUT2D eigenvalue weighted by Crippen LogP contribution is 2.35. The quantitative estimate of drug-likeness (QED) is 0.702. The van der Waals surface area contributed by atoms with Crippen LogP contribution in [-0.2, 0) is 14.8 Å². The van der Waals surface area contributed by atoms with Crippen LogP contribution in [0.2, 0.25) is 0 Å². The maximum absolute atomic E-state index is 13.2. The number of likely N-dealkylation sites (tertiary alicyclic amines) is 1. The lowest BCUT2D eigenvalue weighted by Gasteiger charge is -2.48. The fraction of sp³-hybridized carbons (Fsp3) is 0.708. The van der Waals surface area contributed by atoms with Gasteiger partial charge in [0.25, 0.3) is 5.91 Å². The van der Waals surface area contributed by atoms with E-state index in [1.807, 2.05) is 0 Å². The van der Waals surface area contributed by atoms with E-state index in [0.29, 0.717) is 44.0 Å². The fourth-order valence-electron chi connectivity index (χ4n) is 5.48. The van der Waals surface area contributed by atoms with Crippen molar-refractivity contribution < 1.29 is 17.9 Å². The Bertz CT molecular complexity index is 900. The van der Waals surface area contributed by atoms with Crippen LogP contribution in [0.3, 0.4) is 0 Å². The van der Waals surface area contributed by atoms with Crippen LogP contribution >= 0.6 is 0 Å². The van der Waals surface area contributed by atoms with E-state index in [4.69, 9.17) is 4.74 Å². The summed E-state index contributed by atoms with van der Waals surface area (Å²) in [5.41, 5.74) is 1.11. The number of hydrogen-bond donors (Lipinski definition) is 1. The standard InChI is InChI=1S/C24H37N3O4S/c1-20-8-9-21(18-22(20)32(29,30)27-14-16-31-17-15-27)23(28)25-19-24(10-4-2-5-11-24)26-12-6-3-7-13-26/h8-9,18H,2-7,10-17,19H2,1H3,(H,25,28). The van der Waals surface area contributed by atoms with Crippen molar-refractivity contribution in [3.05, 3.63) is 29.3 Å². The molecule has 0 spiro atoms. The maximum Gasteiger partial charge on any atom is 0.251 e. The zero-order valence-electron chi connectivity index (χ0n) is 19.3. The summed E-state index contributed by atoms with van der Waals surface area (Å²) in [6, 6.07) is 5.02. The lowest BCUT2D eigenvalue weighted by atomic mass is 9.79. The number of nitrogens with zero attached hydrogens (tertiary/aromatic N) is 2. The molecule has 7 nitrogen and oxygen atoms in total. The van der Waals surface area contributed by atoms with Gasteiger partial charge in [0.05, 0.1) is 18.1 Å². The minimum Gasteiger partial charge on any atom is -0.379 e. The highest BCUT2D eigenvalue weighted by atomic mass is 32.2. The van der Waals surface area contributed by atoms with Gasteiger partial charge >= 0.3 is 0 Å². The van der Waals surface area contributed by atoms with E-state index in [2.05, 4.69) is 10.2 Å². The average molecular weight is 464 g/mol. The van der Waals surface area contributed by atoms with Gasteiger partial charge in [0.15, 0.2) is 0 Å². The molecule has 1 aromatic carbocycles. The lowest BCUT2D eigenvalue weighted by Crippen LogP contribution is -2.58. The number of piperidine rings is 1. The topological polar surface area (TPSA) is 79.0 Å². The van der Waals surface area contributed by atoms with Gasteiger partial charge in [-0.2, -0.15) is 4.31 Å². The summed E-state index contributed by atoms with van der Waals surface area (Å²) in [5.74, 6) is -0.189. The van der Waals surface area contributed by atoms with Gasteiger partial charge < -0.3 is 10.1 Å². The fourth-order valence-corrected chi connectivity index (χ4v) is 7.13. The van der Waals surface area contributed by atoms with Gasteiger partial charge in [0.2, 0.25) is 10.0 Å². The Morgan fingerprint density at radius 1 is 1.00 bits per heavy atom. The Hall–Kier alpha value is -1.48. The molecule has 3 fully saturated rings. The number of rotatable bonds is 6. The second-order valence-corrected chi connectivity index (χ2v) is 11.4. The number of amides is 1. The zero-order valence-corrected chi connectivity index (χ0v) is 20.1. The minimum absolute atomic E-state index is 0.0434. The number of carbonyl (C=O) groups excluding carboxylic acids is 1. The molecule has 2 heterocycles. The molecule has 3 aliphatic rings. The van der Waals surface area contributed by atoms with Crippen molar-refractivity contribution in [2.24, 2.45) is 0 Å². The number of benzene rings is 1. The molecule has 1 saturated carbocycles. The molecule has 2 saturated heterocycles. The third-order valence-corrected chi connectivity index (χ3v) is 9.47. The van der Waals surface area contributed by atoms with Crippen molar-refractivity contribution in [3.8, 4) is 0 Å². The second kappa shape index (κ2) is 10.2. The number of nitrogens with one attached hydrogen (secondary N) is 1. The van der Waals surface area contributed by atoms with Crippen LogP contribution in [0.5, 0.6) is 0 Å². The summed E-state index contributed by atoms with van der Waals surface area (Å²) in [6.45, 7) is 6.12. The molecule has 0 radical (unpaired) electrons. The molecule has 1 amide bonds. The van der Waals surface area contributed by atoms with E-state index in [1.54, 1.807) is 25.1 Å². The molecule has 0 bridgehead atoms. The molecule has 32 heavy (non-hydrogen) atoms. The van der Waals surface area contributed by atoms with Crippen LogP contribution in [-0.4, -0.2) is 75.0 Å². The Morgan fingerprint density at radius 3 is 2.34 bits per heavy atom. The molecule has 1 N–H and O–H groups in total. The van der Waals surface area contributed by atoms with E-state index in [-0.39, 0.29) is 16.3 Å². The van der Waals surface area contributed by atoms with E-state index in [1.165, 1.54) is 42.8 Å². The van der Waals surface area contributed by atoms with Gasteiger partial charge in [-0.1, -0.05) is 31.7 Å². The lowest BCUT2D eigenvalue weighted by molar-refractivity contribution is 0.0326. The Labute approximate surface area is 192 Å². The largest absolute Gasteiger partial charge is 0.379 e. The molecule has 0 atom stereocenters. The van der Waals surface area contributed by atoms with Crippen molar-refractivity contribution in [3.63, 3.8) is 0 Å². The first kappa shape index (κ1) is 23.7. The van der Waals surface area contributed by atoms with Gasteiger partial charge in [-0.05, 0) is 63.4 Å². The molecule has 0 aromatic heterocycles. The summed E-state index contributed by atoms with van der Waals surface area (Å²) in [4.78, 5) is 15.9. The molecule has 1 aromatic rings. The Balaban J connectivity index is 1.50. The first-order chi connectivity index (χ1) is 15.4. The summed E-state index contributed by atoms with van der Waals surface area (Å²) in [6.07, 6.45) is 9.69. The number of sulfonamides is 1. The van der Waals surface area contributed by atoms with Crippen molar-refractivity contribution in [2.75, 3.05) is 45.9 Å². The minimum atomic E-state index is -3.65. The van der Waals surface area contributed by atoms with Gasteiger partial charge in [0, 0.05) is 30.7 Å². The monoisotopic (exact) mass is 463 g/mol. The molecule has 1 aliphatic carbocycles. The van der Waals surface area contributed by atoms with Crippen LogP contribution in [0.25, 0.3) is 0 Å². The second-order valence-electron chi connectivity index (χ2n) is 9.51. The van der Waals surface area contributed by atoms with E-state index < -0.39 is 10.0 Å². The highest BCUT2D eigenvalue weighted by Gasteiger charge is 2.38. The molecular weight excluding hydrogens is 426 g/mol. The third-order valence-electron chi connectivity index (χ3n) is 7.43. The van der Waals surface area contributed by atoms with Crippen molar-refractivity contribution in [1.29, 1.82) is 0 Å². The van der Waals surface area contributed by atoms with Gasteiger partial charge in [-0.25, -0.2) is 8.42 Å². The van der Waals surface area contributed by atoms with Crippen LogP contribution in [0.4, 0.5) is 0 Å². The number of hydrogen-bond acceptors (Lipinski definition) is 5. The number of carbonyl (C=O) groups is 1. The van der Waals surface area contributed by atoms with E-state index in [0.717, 1.165) is 25.9 Å². The molecule has 4 rings (SSSR count). The smallest absolute Gasteiger partial charge is 0.251 e. The molecule has 178 valence electrons. The van der Waals surface area contributed by atoms with Gasteiger partial charge in [-0.3, -0.25) is 9.69 Å². The van der Waals surface area contributed by atoms with Gasteiger partial charge in [-0.15, -0.1) is 0 Å². The predicted molar refractivity (Wildman–Crippen MR) is 124 cm³/mol. The van der Waals surface area contributed by atoms with E-state index in [9.17, 15) is 13.2 Å². The normalized spacial score (nSPS) is 23.0. The number of morpholine rings is 1. The third kappa shape index (κ3) is 5.03. The zero-order chi connectivity index (χ0) is 22.6. The van der Waals surface area contributed by atoms with Crippen LogP contribution in [0, 0.1) is 6.92 Å². The molecule has 0 unspecified atom stereocenters. The van der Waals surface area contributed by atoms with Crippen LogP contribution in [0.15, 0.2) is 23.1 Å². The number of aryl methyl sites for hydroxylation is 1. The summed E-state index contributed by atoms with van der Waals surface area (Å²) in [7, 11) is -3.65. The summed E-state index contributed by atoms with van der Waals surface area (Å²) < 4.78 is 33.1. The van der Waals surface area contributed by atoms with Crippen molar-refractivity contribution in [1.82, 2.24) is 14.5 Å². The predicted octanol–water partition coefficient (Wildman–Crippen LogP) is 2.93. The van der Waals surface area contributed by atoms with Crippen molar-refractivity contribution >= 4 is 15.9 Å². The van der Waals surface area contributed by atoms with Crippen molar-refractivity contribution in [2.45, 2.75) is 68.7 Å². The molecule has 2 aliphatic heterocycles. The number of ether oxygens (including phenoxy) is 1. The summed E-state index contributed by atoms with van der Waals surface area (Å²) in [5, 5.41) is 3.18. The highest BCUT2D eigenvalue weighted by molar-refractivity contribution is 7.89. The first-order valence-electron chi connectivity index (χ1n) is 12.1. The SMILES string of the molecule is Cc1ccc(C(=O)NCC2(N3CCCCC3)CCCCC2)cc1S(=O)(=O)N1CCOCC1.